The van der Waals surface area contributed by atoms with Gasteiger partial charge < -0.3 is 15.0 Å². The SMILES string of the molecule is CN(C(=O)NCc1cccc(F)c1Cl)[C@@H](CCCCCCC(F)F)COC(=O)CCc1cc2cc(F)ccc2cn1. The molecule has 0 fully saturated rings. The van der Waals surface area contributed by atoms with Crippen LogP contribution in [0.5, 0.6) is 0 Å². The van der Waals surface area contributed by atoms with Crippen molar-refractivity contribution < 1.29 is 31.9 Å². The zero-order chi connectivity index (χ0) is 29.8. The number of likely N-dealkylation sites (N-methyl/N-ethyl adjacent to an activating group) is 1. The fourth-order valence-electron chi connectivity index (χ4n) is 4.35. The van der Waals surface area contributed by atoms with Crippen LogP contribution < -0.4 is 5.32 Å². The smallest absolute Gasteiger partial charge is 0.317 e. The molecule has 41 heavy (non-hydrogen) atoms. The molecule has 0 aliphatic rings. The van der Waals surface area contributed by atoms with Gasteiger partial charge in [-0.15, -0.1) is 0 Å². The maximum absolute atomic E-state index is 13.7. The van der Waals surface area contributed by atoms with Crippen molar-refractivity contribution in [2.24, 2.45) is 0 Å². The van der Waals surface area contributed by atoms with Crippen molar-refractivity contribution in [3.8, 4) is 0 Å². The van der Waals surface area contributed by atoms with Gasteiger partial charge in [0, 0.05) is 43.7 Å². The molecule has 2 amide bonds. The molecule has 1 aromatic heterocycles. The number of hydrogen-bond acceptors (Lipinski definition) is 4. The summed E-state index contributed by atoms with van der Waals surface area (Å²) in [5, 5.41) is 4.10. The number of benzene rings is 2. The molecule has 3 aromatic rings. The Balaban J connectivity index is 1.54. The van der Waals surface area contributed by atoms with Crippen LogP contribution in [0.1, 0.15) is 56.2 Å². The molecule has 1 heterocycles. The maximum atomic E-state index is 13.7. The van der Waals surface area contributed by atoms with Crippen LogP contribution in [-0.4, -0.2) is 48.0 Å². The van der Waals surface area contributed by atoms with E-state index in [2.05, 4.69) is 10.3 Å². The van der Waals surface area contributed by atoms with Crippen LogP contribution in [0.2, 0.25) is 5.02 Å². The van der Waals surface area contributed by atoms with E-state index >= 15 is 0 Å². The number of halogens is 5. The fourth-order valence-corrected chi connectivity index (χ4v) is 4.55. The number of carbonyl (C=O) groups is 2. The van der Waals surface area contributed by atoms with Crippen LogP contribution in [0, 0.1) is 11.6 Å². The molecule has 1 atom stereocenters. The number of hydrogen-bond donors (Lipinski definition) is 1. The van der Waals surface area contributed by atoms with Crippen LogP contribution in [0.3, 0.4) is 0 Å². The number of ether oxygens (including phenoxy) is 1. The average Bonchev–Trinajstić information content (AvgIpc) is 2.95. The van der Waals surface area contributed by atoms with Gasteiger partial charge in [-0.2, -0.15) is 0 Å². The highest BCUT2D eigenvalue weighted by Crippen LogP contribution is 2.20. The van der Waals surface area contributed by atoms with E-state index in [1.54, 1.807) is 31.4 Å². The van der Waals surface area contributed by atoms with Crippen LogP contribution in [0.4, 0.5) is 22.4 Å². The van der Waals surface area contributed by atoms with Crippen LogP contribution in [0.15, 0.2) is 48.7 Å². The van der Waals surface area contributed by atoms with E-state index in [1.807, 2.05) is 0 Å². The lowest BCUT2D eigenvalue weighted by molar-refractivity contribution is -0.145. The predicted molar refractivity (Wildman–Crippen MR) is 150 cm³/mol. The van der Waals surface area contributed by atoms with E-state index in [1.165, 1.54) is 29.2 Å². The first-order valence-corrected chi connectivity index (χ1v) is 13.9. The summed E-state index contributed by atoms with van der Waals surface area (Å²) in [5.74, 6) is -1.43. The highest BCUT2D eigenvalue weighted by atomic mass is 35.5. The highest BCUT2D eigenvalue weighted by molar-refractivity contribution is 6.31. The van der Waals surface area contributed by atoms with E-state index in [4.69, 9.17) is 16.3 Å². The maximum Gasteiger partial charge on any atom is 0.317 e. The van der Waals surface area contributed by atoms with Gasteiger partial charge in [-0.1, -0.05) is 43.0 Å². The van der Waals surface area contributed by atoms with Crippen molar-refractivity contribution in [2.75, 3.05) is 13.7 Å². The molecule has 222 valence electrons. The summed E-state index contributed by atoms with van der Waals surface area (Å²) >= 11 is 5.98. The molecule has 0 saturated carbocycles. The Kier molecular flexibility index (Phi) is 12.6. The van der Waals surface area contributed by atoms with Gasteiger partial charge in [-0.05, 0) is 54.1 Å². The van der Waals surface area contributed by atoms with Gasteiger partial charge in [0.15, 0.2) is 0 Å². The molecule has 0 radical (unpaired) electrons. The van der Waals surface area contributed by atoms with Crippen molar-refractivity contribution >= 4 is 34.4 Å². The molecule has 1 N–H and O–H groups in total. The van der Waals surface area contributed by atoms with Crippen molar-refractivity contribution in [1.29, 1.82) is 0 Å². The number of esters is 1. The third-order valence-corrected chi connectivity index (χ3v) is 7.23. The first-order chi connectivity index (χ1) is 19.6. The van der Waals surface area contributed by atoms with E-state index in [0.717, 1.165) is 5.39 Å². The largest absolute Gasteiger partial charge is 0.463 e. The van der Waals surface area contributed by atoms with Crippen LogP contribution in [0.25, 0.3) is 10.8 Å². The molecule has 0 aliphatic heterocycles. The molecular weight excluding hydrogens is 562 g/mol. The number of aryl methyl sites for hydroxylation is 1. The van der Waals surface area contributed by atoms with E-state index in [-0.39, 0.29) is 36.8 Å². The molecule has 6 nitrogen and oxygen atoms in total. The summed E-state index contributed by atoms with van der Waals surface area (Å²) in [5.41, 5.74) is 1.04. The Bertz CT molecular complexity index is 1310. The Morgan fingerprint density at radius 1 is 1.02 bits per heavy atom. The second kappa shape index (κ2) is 16.1. The number of amides is 2. The van der Waals surface area contributed by atoms with Crippen molar-refractivity contribution in [2.45, 2.75) is 70.4 Å². The zero-order valence-electron chi connectivity index (χ0n) is 22.9. The standard InChI is InChI=1S/C30H34ClF4N3O3/c1-38(30(40)37-18-21-7-6-9-26(33)29(21)31)25(8-4-2-3-5-10-27(34)35)19-41-28(39)14-13-24-16-22-15-23(32)12-11-20(22)17-36-24/h6-7,9,11-12,15-17,25,27H,2-5,8,10,13-14,18-19H2,1H3,(H,37,40)/t25-/m0/s1. The highest BCUT2D eigenvalue weighted by Gasteiger charge is 2.22. The Morgan fingerprint density at radius 3 is 2.54 bits per heavy atom. The molecule has 0 spiro atoms. The van der Waals surface area contributed by atoms with Gasteiger partial charge in [-0.25, -0.2) is 22.4 Å². The van der Waals surface area contributed by atoms with Crippen LogP contribution in [-0.2, 0) is 22.5 Å². The third-order valence-electron chi connectivity index (χ3n) is 6.80. The van der Waals surface area contributed by atoms with Crippen molar-refractivity contribution in [3.05, 3.63) is 76.6 Å². The number of nitrogens with one attached hydrogen (secondary N) is 1. The predicted octanol–water partition coefficient (Wildman–Crippen LogP) is 7.46. The van der Waals surface area contributed by atoms with Gasteiger partial charge in [0.25, 0.3) is 0 Å². The van der Waals surface area contributed by atoms with Gasteiger partial charge in [0.1, 0.15) is 18.2 Å². The number of alkyl halides is 2. The Hall–Kier alpha value is -3.40. The molecule has 2 aromatic carbocycles. The van der Waals surface area contributed by atoms with Gasteiger partial charge in [-0.3, -0.25) is 9.78 Å². The summed E-state index contributed by atoms with van der Waals surface area (Å²) in [4.78, 5) is 31.1. The number of carbonyl (C=O) groups excluding carboxylic acids is 2. The van der Waals surface area contributed by atoms with Crippen molar-refractivity contribution in [3.63, 3.8) is 0 Å². The lowest BCUT2D eigenvalue weighted by atomic mass is 10.1. The first kappa shape index (κ1) is 32.1. The lowest BCUT2D eigenvalue weighted by Gasteiger charge is -2.28. The van der Waals surface area contributed by atoms with Gasteiger partial charge in [0.05, 0.1) is 17.5 Å². The van der Waals surface area contributed by atoms with Gasteiger partial charge in [0.2, 0.25) is 6.43 Å². The summed E-state index contributed by atoms with van der Waals surface area (Å²) < 4.78 is 57.6. The number of pyridine rings is 1. The fraction of sp³-hybridized carbons (Fsp3) is 0.433. The Labute approximate surface area is 242 Å². The molecule has 11 heteroatoms. The number of fused-ring (bicyclic) bond motifs is 1. The summed E-state index contributed by atoms with van der Waals surface area (Å²) in [6.45, 7) is -0.0561. The second-order valence-electron chi connectivity index (χ2n) is 9.87. The Morgan fingerprint density at radius 2 is 1.78 bits per heavy atom. The second-order valence-corrected chi connectivity index (χ2v) is 10.2. The number of urea groups is 1. The number of nitrogens with zero attached hydrogens (tertiary/aromatic N) is 2. The summed E-state index contributed by atoms with van der Waals surface area (Å²) in [6.07, 6.45) is 2.37. The van der Waals surface area contributed by atoms with E-state index < -0.39 is 30.3 Å². The van der Waals surface area contributed by atoms with Gasteiger partial charge >= 0.3 is 12.0 Å². The van der Waals surface area contributed by atoms with E-state index in [9.17, 15) is 27.2 Å². The lowest BCUT2D eigenvalue weighted by Crippen LogP contribution is -2.45. The van der Waals surface area contributed by atoms with Crippen molar-refractivity contribution in [1.82, 2.24) is 15.2 Å². The minimum atomic E-state index is -2.32. The normalized spacial score (nSPS) is 12.0. The summed E-state index contributed by atoms with van der Waals surface area (Å²) in [7, 11) is 1.57. The number of unbranched alkanes of at least 4 members (excludes halogenated alkanes) is 3. The molecule has 0 saturated heterocycles. The molecular formula is C30H34ClF4N3O3. The number of rotatable bonds is 15. The van der Waals surface area contributed by atoms with Crippen LogP contribution >= 0.6 is 11.6 Å². The minimum absolute atomic E-state index is 0.00254. The minimum Gasteiger partial charge on any atom is -0.463 e. The first-order valence-electron chi connectivity index (χ1n) is 13.6. The molecule has 3 rings (SSSR count). The molecule has 0 bridgehead atoms. The van der Waals surface area contributed by atoms with E-state index in [0.29, 0.717) is 55.2 Å². The molecule has 0 unspecified atom stereocenters. The third kappa shape index (κ3) is 10.5. The monoisotopic (exact) mass is 595 g/mol. The number of aromatic nitrogens is 1. The molecule has 0 aliphatic carbocycles. The zero-order valence-corrected chi connectivity index (χ0v) is 23.6. The topological polar surface area (TPSA) is 71.5 Å². The summed E-state index contributed by atoms with van der Waals surface area (Å²) in [6, 6.07) is 9.51. The quantitative estimate of drug-likeness (QED) is 0.112. The average molecular weight is 596 g/mol.